The molecule has 33 nitrogen and oxygen atoms in total. The number of unbranched alkanes of at least 4 members (excludes halogenated alkanes) is 1. The molecule has 442 valence electrons. The third-order valence-corrected chi connectivity index (χ3v) is 11.7. The molecule has 12 amide bonds. The van der Waals surface area contributed by atoms with Crippen LogP contribution in [0.3, 0.4) is 0 Å². The van der Waals surface area contributed by atoms with E-state index in [1.54, 1.807) is 30.3 Å². The van der Waals surface area contributed by atoms with Gasteiger partial charge < -0.3 is 97.8 Å². The number of hydrogen-bond donors (Lipinski definition) is 18. The van der Waals surface area contributed by atoms with Gasteiger partial charge in [0.1, 0.15) is 42.3 Å². The van der Waals surface area contributed by atoms with E-state index in [0.29, 0.717) is 24.9 Å². The molecule has 0 radical (unpaired) electrons. The zero-order valence-corrected chi connectivity index (χ0v) is 43.8. The summed E-state index contributed by atoms with van der Waals surface area (Å²) in [5.74, 6) is -16.0. The third kappa shape index (κ3) is 26.8. The Kier molecular flexibility index (Phi) is 29.7. The summed E-state index contributed by atoms with van der Waals surface area (Å²) >= 11 is 0. The number of rotatable bonds is 38. The molecule has 1 aromatic rings. The van der Waals surface area contributed by atoms with E-state index in [-0.39, 0.29) is 51.2 Å². The smallest absolute Gasteiger partial charge is 0.326 e. The van der Waals surface area contributed by atoms with Crippen LogP contribution in [0.15, 0.2) is 35.3 Å². The fraction of sp³-hybridized carbons (Fsp3) is 0.553. The first kappa shape index (κ1) is 67.1. The van der Waals surface area contributed by atoms with E-state index in [0.717, 1.165) is 6.42 Å². The van der Waals surface area contributed by atoms with Crippen molar-refractivity contribution >= 4 is 88.8 Å². The summed E-state index contributed by atoms with van der Waals surface area (Å²) in [6, 6.07) is -4.10. The SMILES string of the molecule is NCCCC[C@H](NC(=O)[C@H](CCCN=C(N)N)NC(=O)[C@H](CC(N)=O)NC(=O)[C@H](CC(=O)O)NC(=O)CNC(=O)[C@H](Cc1ccccc1)NC(=O)CNC(=O)[C@@H]1CCCN1)C(=O)N[C@@H](CC(N)=O)C(=O)N[C@@H](CCC(N)=O)C(=O)O. The third-order valence-electron chi connectivity index (χ3n) is 11.7. The Labute approximate surface area is 458 Å². The van der Waals surface area contributed by atoms with Gasteiger partial charge in [0.2, 0.25) is 70.9 Å². The largest absolute Gasteiger partial charge is 0.481 e. The van der Waals surface area contributed by atoms with Crippen molar-refractivity contribution in [2.75, 3.05) is 32.7 Å². The van der Waals surface area contributed by atoms with Crippen molar-refractivity contribution in [3.8, 4) is 0 Å². The highest BCUT2D eigenvalue weighted by molar-refractivity contribution is 6.00. The first-order valence-corrected chi connectivity index (χ1v) is 25.3. The van der Waals surface area contributed by atoms with E-state index in [1.165, 1.54) is 0 Å². The Bertz CT molecular complexity index is 2400. The van der Waals surface area contributed by atoms with Gasteiger partial charge in [-0.05, 0) is 70.0 Å². The maximum atomic E-state index is 14.1. The van der Waals surface area contributed by atoms with E-state index in [4.69, 9.17) is 34.4 Å². The number of nitrogens with one attached hydrogen (secondary N) is 10. The van der Waals surface area contributed by atoms with Gasteiger partial charge >= 0.3 is 11.9 Å². The average Bonchev–Trinajstić information content (AvgIpc) is 3.93. The Hall–Kier alpha value is -9.01. The first-order valence-electron chi connectivity index (χ1n) is 25.3. The van der Waals surface area contributed by atoms with Crippen molar-refractivity contribution < 1.29 is 77.3 Å². The summed E-state index contributed by atoms with van der Waals surface area (Å²) in [6.07, 6.45) is -2.70. The molecule has 80 heavy (non-hydrogen) atoms. The van der Waals surface area contributed by atoms with Gasteiger partial charge in [0.15, 0.2) is 5.96 Å². The second-order valence-corrected chi connectivity index (χ2v) is 18.3. The molecule has 1 heterocycles. The van der Waals surface area contributed by atoms with E-state index in [9.17, 15) is 77.3 Å². The maximum absolute atomic E-state index is 14.1. The van der Waals surface area contributed by atoms with Gasteiger partial charge in [0.25, 0.3) is 0 Å². The van der Waals surface area contributed by atoms with E-state index in [1.807, 2.05) is 0 Å². The highest BCUT2D eigenvalue weighted by atomic mass is 16.4. The Morgan fingerprint density at radius 1 is 0.550 bits per heavy atom. The lowest BCUT2D eigenvalue weighted by Gasteiger charge is -2.27. The van der Waals surface area contributed by atoms with Gasteiger partial charge in [-0.15, -0.1) is 0 Å². The number of amides is 12. The second-order valence-electron chi connectivity index (χ2n) is 18.3. The van der Waals surface area contributed by atoms with Gasteiger partial charge in [-0.3, -0.25) is 67.3 Å². The van der Waals surface area contributed by atoms with Crippen LogP contribution < -0.4 is 87.6 Å². The predicted octanol–water partition coefficient (Wildman–Crippen LogP) is -8.63. The summed E-state index contributed by atoms with van der Waals surface area (Å²) in [7, 11) is 0. The van der Waals surface area contributed by atoms with E-state index >= 15 is 0 Å². The van der Waals surface area contributed by atoms with Crippen LogP contribution in [0.25, 0.3) is 0 Å². The molecular weight excluding hydrogens is 1060 g/mol. The summed E-state index contributed by atoms with van der Waals surface area (Å²) in [6.45, 7) is -0.731. The van der Waals surface area contributed by atoms with Gasteiger partial charge in [-0.25, -0.2) is 4.79 Å². The Morgan fingerprint density at radius 2 is 1.04 bits per heavy atom. The molecule has 1 saturated heterocycles. The van der Waals surface area contributed by atoms with E-state index in [2.05, 4.69) is 58.2 Å². The van der Waals surface area contributed by atoms with Crippen LogP contribution in [0.2, 0.25) is 0 Å². The normalized spacial score (nSPS) is 15.2. The molecule has 24 N–H and O–H groups in total. The summed E-state index contributed by atoms with van der Waals surface area (Å²) in [5, 5.41) is 42.9. The molecule has 1 aromatic carbocycles. The molecule has 33 heteroatoms. The highest BCUT2D eigenvalue weighted by Crippen LogP contribution is 2.10. The number of guanidine groups is 1. The van der Waals surface area contributed by atoms with Crippen LogP contribution in [-0.2, 0) is 73.5 Å². The number of nitrogens with two attached hydrogens (primary N) is 6. The molecule has 0 bridgehead atoms. The number of aliphatic carboxylic acids is 2. The number of primary amides is 3. The number of carboxylic acid groups (broad SMARTS) is 2. The minimum absolute atomic E-state index is 0.0480. The molecule has 0 aliphatic carbocycles. The number of aliphatic imine (C=N–C) groups is 1. The molecule has 1 aliphatic rings. The van der Waals surface area contributed by atoms with Crippen molar-refractivity contribution in [2.45, 2.75) is 132 Å². The fourth-order valence-electron chi connectivity index (χ4n) is 7.68. The molecule has 2 rings (SSSR count). The topological polar surface area (TPSA) is 568 Å². The highest BCUT2D eigenvalue weighted by Gasteiger charge is 2.35. The minimum atomic E-state index is -1.99. The number of carbonyl (C=O) groups excluding carboxylic acids is 12. The molecule has 0 saturated carbocycles. The van der Waals surface area contributed by atoms with E-state index < -0.39 is 176 Å². The van der Waals surface area contributed by atoms with Crippen LogP contribution in [0.4, 0.5) is 0 Å². The van der Waals surface area contributed by atoms with Gasteiger partial charge in [0.05, 0.1) is 38.4 Å². The lowest BCUT2D eigenvalue weighted by molar-refractivity contribution is -0.143. The van der Waals surface area contributed by atoms with Crippen molar-refractivity contribution in [3.05, 3.63) is 35.9 Å². The van der Waals surface area contributed by atoms with Crippen LogP contribution in [0.5, 0.6) is 0 Å². The Morgan fingerprint density at radius 3 is 1.51 bits per heavy atom. The van der Waals surface area contributed by atoms with Crippen LogP contribution in [0.1, 0.15) is 82.6 Å². The molecule has 0 spiro atoms. The van der Waals surface area contributed by atoms with Crippen molar-refractivity contribution in [1.82, 2.24) is 53.2 Å². The Balaban J connectivity index is 2.34. The fourth-order valence-corrected chi connectivity index (χ4v) is 7.68. The monoisotopic (exact) mass is 1130 g/mol. The molecular formula is C47H73N17O16. The first-order chi connectivity index (χ1) is 37.8. The molecule has 0 unspecified atom stereocenters. The van der Waals surface area contributed by atoms with Crippen LogP contribution in [0, 0.1) is 0 Å². The molecule has 1 fully saturated rings. The zero-order chi connectivity index (χ0) is 59.9. The van der Waals surface area contributed by atoms with Crippen molar-refractivity contribution in [1.29, 1.82) is 0 Å². The average molecular weight is 1130 g/mol. The second kappa shape index (κ2) is 35.4. The molecule has 1 aliphatic heterocycles. The van der Waals surface area contributed by atoms with Crippen LogP contribution in [-0.4, -0.2) is 180 Å². The predicted molar refractivity (Wildman–Crippen MR) is 279 cm³/mol. The quantitative estimate of drug-likeness (QED) is 0.0166. The standard InChI is InChI=1S/C47H73N17O16/c48-15-5-4-10-26(42(75)63-31(20-35(51)67)44(77)62-28(46(79)80)13-14-33(49)65)60-41(74)27(12-7-17-55-47(52)53)61-43(76)30(19-34(50)66)64-45(78)32(21-38(70)71)59-37(69)23-57-40(73)29(18-24-8-2-1-3-9-24)58-36(68)22-56-39(72)25-11-6-16-54-25/h1-3,8-9,25-32,54H,4-7,10-23,48H2,(H2,49,65)(H2,50,66)(H2,51,67)(H,56,72)(H,57,73)(H,58,68)(H,59,69)(H,60,74)(H,61,76)(H,62,77)(H,63,75)(H,64,78)(H,70,71)(H,79,80)(H4,52,53,55)/t25-,26-,27-,28-,29-,30-,31-,32-/m0/s1. The molecule has 8 atom stereocenters. The summed E-state index contributed by atoms with van der Waals surface area (Å²) in [4.78, 5) is 184. The number of hydrogen-bond acceptors (Lipinski definition) is 17. The number of carbonyl (C=O) groups is 14. The number of nitrogens with zero attached hydrogens (tertiary/aromatic N) is 1. The lowest BCUT2D eigenvalue weighted by atomic mass is 10.0. The van der Waals surface area contributed by atoms with Gasteiger partial charge in [-0.1, -0.05) is 30.3 Å². The van der Waals surface area contributed by atoms with Crippen molar-refractivity contribution in [3.63, 3.8) is 0 Å². The number of benzene rings is 1. The summed E-state index contributed by atoms with van der Waals surface area (Å²) < 4.78 is 0. The van der Waals surface area contributed by atoms with Gasteiger partial charge in [-0.2, -0.15) is 0 Å². The van der Waals surface area contributed by atoms with Crippen LogP contribution >= 0.6 is 0 Å². The minimum Gasteiger partial charge on any atom is -0.481 e. The number of carboxylic acids is 2. The molecule has 0 aromatic heterocycles. The lowest BCUT2D eigenvalue weighted by Crippen LogP contribution is -2.60. The summed E-state index contributed by atoms with van der Waals surface area (Å²) in [5.41, 5.74) is 32.9. The van der Waals surface area contributed by atoms with Crippen molar-refractivity contribution in [2.24, 2.45) is 39.4 Å². The van der Waals surface area contributed by atoms with Gasteiger partial charge in [0, 0.05) is 19.4 Å². The zero-order valence-electron chi connectivity index (χ0n) is 43.8. The maximum Gasteiger partial charge on any atom is 0.326 e.